The number of ether oxygens (including phenoxy) is 2. The molecule has 1 N–H and O–H groups in total. The highest BCUT2D eigenvalue weighted by Crippen LogP contribution is 2.22. The first-order valence-corrected chi connectivity index (χ1v) is 9.46. The van der Waals surface area contributed by atoms with Crippen molar-refractivity contribution in [3.8, 4) is 5.75 Å². The second-order valence-corrected chi connectivity index (χ2v) is 7.16. The van der Waals surface area contributed by atoms with Crippen molar-refractivity contribution in [3.05, 3.63) is 29.8 Å². The van der Waals surface area contributed by atoms with Gasteiger partial charge in [-0.3, -0.25) is 4.79 Å². The van der Waals surface area contributed by atoms with Crippen molar-refractivity contribution in [2.24, 2.45) is 5.92 Å². The lowest BCUT2D eigenvalue weighted by Crippen LogP contribution is -2.45. The number of rotatable bonds is 6. The van der Waals surface area contributed by atoms with Crippen molar-refractivity contribution >= 4 is 5.91 Å². The molecule has 0 bridgehead atoms. The first kappa shape index (κ1) is 18.2. The standard InChI is InChI=1S/C20H30N2O3/c1-24-19-4-2-3-17(13-19)14-20(23)21-15-16-5-9-22(10-6-16)18-7-11-25-12-8-18/h2-4,13,16,18H,5-12,14-15H2,1H3,(H,21,23). The predicted molar refractivity (Wildman–Crippen MR) is 97.8 cm³/mol. The Morgan fingerprint density at radius 1 is 1.24 bits per heavy atom. The van der Waals surface area contributed by atoms with Gasteiger partial charge in [-0.15, -0.1) is 0 Å². The summed E-state index contributed by atoms with van der Waals surface area (Å²) in [5, 5.41) is 3.11. The number of carbonyl (C=O) groups excluding carboxylic acids is 1. The molecule has 1 aromatic carbocycles. The topological polar surface area (TPSA) is 50.8 Å². The lowest BCUT2D eigenvalue weighted by Gasteiger charge is -2.39. The Kier molecular flexibility index (Phi) is 6.70. The van der Waals surface area contributed by atoms with Crippen LogP contribution in [0.2, 0.25) is 0 Å². The molecule has 0 radical (unpaired) electrons. The minimum absolute atomic E-state index is 0.0973. The highest BCUT2D eigenvalue weighted by molar-refractivity contribution is 5.78. The summed E-state index contributed by atoms with van der Waals surface area (Å²) >= 11 is 0. The van der Waals surface area contributed by atoms with E-state index in [1.54, 1.807) is 7.11 Å². The van der Waals surface area contributed by atoms with Gasteiger partial charge in [-0.25, -0.2) is 0 Å². The fourth-order valence-electron chi connectivity index (χ4n) is 3.86. The SMILES string of the molecule is COc1cccc(CC(=O)NCC2CCN(C3CCOCC3)CC2)c1. The van der Waals surface area contributed by atoms with E-state index < -0.39 is 0 Å². The summed E-state index contributed by atoms with van der Waals surface area (Å²) in [6.45, 7) is 4.92. The Balaban J connectivity index is 1.36. The van der Waals surface area contributed by atoms with E-state index >= 15 is 0 Å². The van der Waals surface area contributed by atoms with Crippen LogP contribution in [0.15, 0.2) is 24.3 Å². The van der Waals surface area contributed by atoms with Crippen molar-refractivity contribution in [1.29, 1.82) is 0 Å². The minimum atomic E-state index is 0.0973. The quantitative estimate of drug-likeness (QED) is 0.858. The lowest BCUT2D eigenvalue weighted by atomic mass is 9.94. The van der Waals surface area contributed by atoms with Crippen molar-refractivity contribution in [3.63, 3.8) is 0 Å². The van der Waals surface area contributed by atoms with E-state index in [1.165, 1.54) is 25.7 Å². The normalized spacial score (nSPS) is 20.4. The predicted octanol–water partition coefficient (Wildman–Crippen LogP) is 2.24. The maximum absolute atomic E-state index is 12.2. The second kappa shape index (κ2) is 9.20. The van der Waals surface area contributed by atoms with Gasteiger partial charge < -0.3 is 19.7 Å². The van der Waals surface area contributed by atoms with Crippen molar-refractivity contribution < 1.29 is 14.3 Å². The molecule has 1 aromatic rings. The molecule has 0 atom stereocenters. The molecular formula is C20H30N2O3. The summed E-state index contributed by atoms with van der Waals surface area (Å²) in [6, 6.07) is 8.42. The van der Waals surface area contributed by atoms with E-state index in [2.05, 4.69) is 10.2 Å². The third kappa shape index (κ3) is 5.44. The molecular weight excluding hydrogens is 316 g/mol. The number of hydrogen-bond acceptors (Lipinski definition) is 4. The molecule has 3 rings (SSSR count). The monoisotopic (exact) mass is 346 g/mol. The molecule has 0 aromatic heterocycles. The number of carbonyl (C=O) groups is 1. The van der Waals surface area contributed by atoms with E-state index in [-0.39, 0.29) is 5.91 Å². The average Bonchev–Trinajstić information content (AvgIpc) is 2.67. The minimum Gasteiger partial charge on any atom is -0.497 e. The summed E-state index contributed by atoms with van der Waals surface area (Å²) in [5.41, 5.74) is 0.992. The van der Waals surface area contributed by atoms with Crippen LogP contribution in [0.3, 0.4) is 0 Å². The highest BCUT2D eigenvalue weighted by atomic mass is 16.5. The smallest absolute Gasteiger partial charge is 0.224 e. The lowest BCUT2D eigenvalue weighted by molar-refractivity contribution is -0.120. The molecule has 2 fully saturated rings. The number of nitrogens with one attached hydrogen (secondary N) is 1. The third-order valence-electron chi connectivity index (χ3n) is 5.44. The molecule has 2 saturated heterocycles. The van der Waals surface area contributed by atoms with Crippen LogP contribution in [-0.4, -0.2) is 56.8 Å². The molecule has 1 amide bonds. The fourth-order valence-corrected chi connectivity index (χ4v) is 3.86. The van der Waals surface area contributed by atoms with Gasteiger partial charge in [0.2, 0.25) is 5.91 Å². The first-order chi connectivity index (χ1) is 12.2. The van der Waals surface area contributed by atoms with Gasteiger partial charge >= 0.3 is 0 Å². The molecule has 2 heterocycles. The van der Waals surface area contributed by atoms with Crippen LogP contribution in [-0.2, 0) is 16.0 Å². The molecule has 5 nitrogen and oxygen atoms in total. The van der Waals surface area contributed by atoms with Crippen LogP contribution in [0.5, 0.6) is 5.75 Å². The zero-order valence-electron chi connectivity index (χ0n) is 15.2. The van der Waals surface area contributed by atoms with Gasteiger partial charge in [-0.05, 0) is 62.4 Å². The number of methoxy groups -OCH3 is 1. The maximum atomic E-state index is 12.2. The Bertz CT molecular complexity index is 550. The van der Waals surface area contributed by atoms with Gasteiger partial charge in [0.05, 0.1) is 13.5 Å². The summed E-state index contributed by atoms with van der Waals surface area (Å²) in [7, 11) is 1.64. The highest BCUT2D eigenvalue weighted by Gasteiger charge is 2.26. The molecule has 5 heteroatoms. The number of amides is 1. The number of likely N-dealkylation sites (tertiary alicyclic amines) is 1. The van der Waals surface area contributed by atoms with Crippen molar-refractivity contribution in [1.82, 2.24) is 10.2 Å². The number of nitrogens with zero attached hydrogens (tertiary/aromatic N) is 1. The molecule has 2 aliphatic heterocycles. The molecule has 0 spiro atoms. The van der Waals surface area contributed by atoms with Crippen LogP contribution in [0.25, 0.3) is 0 Å². The molecule has 0 aliphatic carbocycles. The number of benzene rings is 1. The summed E-state index contributed by atoms with van der Waals surface area (Å²) in [6.07, 6.45) is 5.11. The Morgan fingerprint density at radius 3 is 2.72 bits per heavy atom. The zero-order valence-corrected chi connectivity index (χ0v) is 15.2. The van der Waals surface area contributed by atoms with Crippen molar-refractivity contribution in [2.45, 2.75) is 38.1 Å². The van der Waals surface area contributed by atoms with Gasteiger partial charge in [0.25, 0.3) is 0 Å². The average molecular weight is 346 g/mol. The van der Waals surface area contributed by atoms with Crippen LogP contribution >= 0.6 is 0 Å². The van der Waals surface area contributed by atoms with E-state index in [1.807, 2.05) is 24.3 Å². The van der Waals surface area contributed by atoms with Crippen LogP contribution in [0.4, 0.5) is 0 Å². The van der Waals surface area contributed by atoms with Gasteiger partial charge in [0.1, 0.15) is 5.75 Å². The molecule has 2 aliphatic rings. The van der Waals surface area contributed by atoms with E-state index in [0.717, 1.165) is 44.2 Å². The first-order valence-electron chi connectivity index (χ1n) is 9.46. The van der Waals surface area contributed by atoms with E-state index in [4.69, 9.17) is 9.47 Å². The number of hydrogen-bond donors (Lipinski definition) is 1. The molecule has 0 unspecified atom stereocenters. The van der Waals surface area contributed by atoms with Crippen molar-refractivity contribution in [2.75, 3.05) is 40.0 Å². The summed E-state index contributed by atoms with van der Waals surface area (Å²) in [5.74, 6) is 1.50. The molecule has 138 valence electrons. The van der Waals surface area contributed by atoms with Gasteiger partial charge in [0, 0.05) is 25.8 Å². The molecule has 0 saturated carbocycles. The van der Waals surface area contributed by atoms with Crippen LogP contribution in [0.1, 0.15) is 31.2 Å². The number of piperidine rings is 1. The summed E-state index contributed by atoms with van der Waals surface area (Å²) < 4.78 is 10.7. The Labute approximate surface area is 150 Å². The molecule has 25 heavy (non-hydrogen) atoms. The van der Waals surface area contributed by atoms with E-state index in [0.29, 0.717) is 18.4 Å². The van der Waals surface area contributed by atoms with Crippen LogP contribution < -0.4 is 10.1 Å². The van der Waals surface area contributed by atoms with E-state index in [9.17, 15) is 4.79 Å². The largest absolute Gasteiger partial charge is 0.497 e. The maximum Gasteiger partial charge on any atom is 0.224 e. The Hall–Kier alpha value is -1.59. The zero-order chi connectivity index (χ0) is 17.5. The second-order valence-electron chi connectivity index (χ2n) is 7.16. The fraction of sp³-hybridized carbons (Fsp3) is 0.650. The summed E-state index contributed by atoms with van der Waals surface area (Å²) in [4.78, 5) is 14.8. The Morgan fingerprint density at radius 2 is 2.00 bits per heavy atom. The van der Waals surface area contributed by atoms with Gasteiger partial charge in [-0.1, -0.05) is 12.1 Å². The van der Waals surface area contributed by atoms with Gasteiger partial charge in [-0.2, -0.15) is 0 Å². The van der Waals surface area contributed by atoms with Gasteiger partial charge in [0.15, 0.2) is 0 Å². The van der Waals surface area contributed by atoms with Crippen LogP contribution in [0, 0.1) is 5.92 Å². The third-order valence-corrected chi connectivity index (χ3v) is 5.44.